The average Bonchev–Trinajstić information content (AvgIpc) is 2.97. The number of likely N-dealkylation sites (N-methyl/N-ethyl adjacent to an activating group) is 1. The highest BCUT2D eigenvalue weighted by atomic mass is 79.9. The molecule has 20 heavy (non-hydrogen) atoms. The van der Waals surface area contributed by atoms with Crippen molar-refractivity contribution in [3.05, 3.63) is 34.6 Å². The monoisotopic (exact) mass is 335 g/mol. The normalized spacial score (nSPS) is 22.9. The first kappa shape index (κ1) is 13.8. The van der Waals surface area contributed by atoms with Crippen LogP contribution in [0, 0.1) is 0 Å². The number of hydrogen-bond acceptors (Lipinski definition) is 4. The molecular weight excluding hydrogens is 318 g/mol. The van der Waals surface area contributed by atoms with Crippen molar-refractivity contribution < 1.29 is 4.52 Å². The average molecular weight is 336 g/mol. The van der Waals surface area contributed by atoms with Crippen LogP contribution in [0.15, 0.2) is 33.3 Å². The van der Waals surface area contributed by atoms with Gasteiger partial charge in [0.25, 0.3) is 0 Å². The summed E-state index contributed by atoms with van der Waals surface area (Å²) >= 11 is 3.53. The molecule has 1 N–H and O–H groups in total. The molecule has 0 bridgehead atoms. The fourth-order valence-electron chi connectivity index (χ4n) is 2.91. The zero-order valence-corrected chi connectivity index (χ0v) is 13.1. The van der Waals surface area contributed by atoms with Crippen molar-refractivity contribution in [1.29, 1.82) is 0 Å². The van der Waals surface area contributed by atoms with Crippen molar-refractivity contribution >= 4 is 15.9 Å². The van der Waals surface area contributed by atoms with Crippen molar-refractivity contribution in [3.8, 4) is 11.4 Å². The van der Waals surface area contributed by atoms with Crippen molar-refractivity contribution in [2.24, 2.45) is 0 Å². The minimum Gasteiger partial charge on any atom is -0.339 e. The summed E-state index contributed by atoms with van der Waals surface area (Å²) in [5.41, 5.74) is 0.972. The van der Waals surface area contributed by atoms with E-state index in [2.05, 4.69) is 31.4 Å². The van der Waals surface area contributed by atoms with E-state index in [-0.39, 0.29) is 0 Å². The lowest BCUT2D eigenvalue weighted by Crippen LogP contribution is -2.34. The van der Waals surface area contributed by atoms with E-state index in [4.69, 9.17) is 4.52 Å². The third-order valence-corrected chi connectivity index (χ3v) is 4.70. The molecule has 2 atom stereocenters. The molecule has 1 aliphatic carbocycles. The van der Waals surface area contributed by atoms with Crippen LogP contribution in [0.1, 0.15) is 37.5 Å². The van der Waals surface area contributed by atoms with Gasteiger partial charge in [0, 0.05) is 16.1 Å². The summed E-state index contributed by atoms with van der Waals surface area (Å²) < 4.78 is 6.51. The van der Waals surface area contributed by atoms with Crippen LogP contribution in [0.2, 0.25) is 0 Å². The number of halogens is 1. The second kappa shape index (κ2) is 6.06. The molecule has 2 aromatic rings. The first-order chi connectivity index (χ1) is 9.79. The van der Waals surface area contributed by atoms with Crippen molar-refractivity contribution in [3.63, 3.8) is 0 Å². The molecule has 0 aliphatic heterocycles. The van der Waals surface area contributed by atoms with Crippen LogP contribution in [0.25, 0.3) is 11.4 Å². The van der Waals surface area contributed by atoms with Crippen LogP contribution in [0.4, 0.5) is 0 Å². The van der Waals surface area contributed by atoms with Gasteiger partial charge in [-0.25, -0.2) is 0 Å². The maximum atomic E-state index is 5.52. The molecule has 0 radical (unpaired) electrons. The summed E-state index contributed by atoms with van der Waals surface area (Å²) in [6.45, 7) is 0. The molecule has 1 aromatic heterocycles. The molecular formula is C15H18BrN3O. The van der Waals surface area contributed by atoms with E-state index >= 15 is 0 Å². The zero-order valence-electron chi connectivity index (χ0n) is 11.5. The molecule has 4 nitrogen and oxygen atoms in total. The van der Waals surface area contributed by atoms with Gasteiger partial charge in [0.1, 0.15) is 0 Å². The van der Waals surface area contributed by atoms with Crippen LogP contribution in [-0.4, -0.2) is 23.2 Å². The summed E-state index contributed by atoms with van der Waals surface area (Å²) in [6, 6.07) is 8.38. The molecule has 5 heteroatoms. The minimum absolute atomic E-state index is 0.331. The largest absolute Gasteiger partial charge is 0.339 e. The molecule has 1 fully saturated rings. The van der Waals surface area contributed by atoms with E-state index in [1.54, 1.807) is 0 Å². The Bertz CT molecular complexity index is 584. The summed E-state index contributed by atoms with van der Waals surface area (Å²) in [6.07, 6.45) is 4.79. The predicted molar refractivity (Wildman–Crippen MR) is 81.5 cm³/mol. The Labute approximate surface area is 127 Å². The Balaban J connectivity index is 1.88. The summed E-state index contributed by atoms with van der Waals surface area (Å²) in [5.74, 6) is 1.75. The van der Waals surface area contributed by atoms with E-state index in [1.165, 1.54) is 19.3 Å². The zero-order chi connectivity index (χ0) is 13.9. The Morgan fingerprint density at radius 3 is 2.85 bits per heavy atom. The number of rotatable bonds is 3. The van der Waals surface area contributed by atoms with Crippen LogP contribution in [0.5, 0.6) is 0 Å². The first-order valence-corrected chi connectivity index (χ1v) is 7.84. The Hall–Kier alpha value is -1.20. The van der Waals surface area contributed by atoms with Crippen molar-refractivity contribution in [2.75, 3.05) is 7.05 Å². The lowest BCUT2D eigenvalue weighted by Gasteiger charge is -2.28. The fraction of sp³-hybridized carbons (Fsp3) is 0.467. The van der Waals surface area contributed by atoms with Gasteiger partial charge < -0.3 is 9.84 Å². The van der Waals surface area contributed by atoms with Gasteiger partial charge in [-0.05, 0) is 32.0 Å². The summed E-state index contributed by atoms with van der Waals surface area (Å²) in [5, 5.41) is 7.52. The highest BCUT2D eigenvalue weighted by Gasteiger charge is 2.30. The molecule has 1 aliphatic rings. The number of nitrogens with zero attached hydrogens (tertiary/aromatic N) is 2. The van der Waals surface area contributed by atoms with Crippen LogP contribution in [0.3, 0.4) is 0 Å². The minimum atomic E-state index is 0.331. The van der Waals surface area contributed by atoms with Crippen LogP contribution in [-0.2, 0) is 0 Å². The molecule has 106 valence electrons. The van der Waals surface area contributed by atoms with Gasteiger partial charge in [-0.15, -0.1) is 0 Å². The lowest BCUT2D eigenvalue weighted by molar-refractivity contribution is 0.270. The first-order valence-electron chi connectivity index (χ1n) is 7.05. The van der Waals surface area contributed by atoms with Gasteiger partial charge in [-0.3, -0.25) is 0 Å². The molecule has 2 unspecified atom stereocenters. The number of benzene rings is 1. The van der Waals surface area contributed by atoms with Gasteiger partial charge in [0.15, 0.2) is 0 Å². The van der Waals surface area contributed by atoms with E-state index in [1.807, 2.05) is 31.3 Å². The lowest BCUT2D eigenvalue weighted by atomic mass is 9.84. The SMILES string of the molecule is CNC1CCCCC1c1nc(-c2ccccc2Br)no1. The second-order valence-electron chi connectivity index (χ2n) is 5.22. The maximum Gasteiger partial charge on any atom is 0.231 e. The molecule has 0 saturated heterocycles. The maximum absolute atomic E-state index is 5.52. The smallest absolute Gasteiger partial charge is 0.231 e. The number of aromatic nitrogens is 2. The van der Waals surface area contributed by atoms with Crippen molar-refractivity contribution in [2.45, 2.75) is 37.6 Å². The fourth-order valence-corrected chi connectivity index (χ4v) is 3.37. The van der Waals surface area contributed by atoms with E-state index in [0.717, 1.165) is 22.3 Å². The number of nitrogens with one attached hydrogen (secondary N) is 1. The summed E-state index contributed by atoms with van der Waals surface area (Å²) in [7, 11) is 2.01. The van der Waals surface area contributed by atoms with Crippen molar-refractivity contribution in [1.82, 2.24) is 15.5 Å². The standard InChI is InChI=1S/C15H18BrN3O/c1-17-13-9-5-3-7-11(13)15-18-14(19-20-15)10-6-2-4-8-12(10)16/h2,4,6,8,11,13,17H,3,5,7,9H2,1H3. The van der Waals surface area contributed by atoms with Gasteiger partial charge in [-0.2, -0.15) is 4.98 Å². The third-order valence-electron chi connectivity index (χ3n) is 4.01. The second-order valence-corrected chi connectivity index (χ2v) is 6.08. The van der Waals surface area contributed by atoms with Gasteiger partial charge in [-0.1, -0.05) is 46.1 Å². The third kappa shape index (κ3) is 2.65. The van der Waals surface area contributed by atoms with Gasteiger partial charge >= 0.3 is 0 Å². The quantitative estimate of drug-likeness (QED) is 0.928. The van der Waals surface area contributed by atoms with Crippen LogP contribution < -0.4 is 5.32 Å². The molecule has 0 amide bonds. The van der Waals surface area contributed by atoms with E-state index < -0.39 is 0 Å². The van der Waals surface area contributed by atoms with Crippen LogP contribution >= 0.6 is 15.9 Å². The van der Waals surface area contributed by atoms with Gasteiger partial charge in [0.05, 0.1) is 5.92 Å². The van der Waals surface area contributed by atoms with E-state index in [0.29, 0.717) is 17.8 Å². The molecule has 0 spiro atoms. The Kier molecular flexibility index (Phi) is 4.17. The Morgan fingerprint density at radius 1 is 1.25 bits per heavy atom. The van der Waals surface area contributed by atoms with E-state index in [9.17, 15) is 0 Å². The predicted octanol–water partition coefficient (Wildman–Crippen LogP) is 3.74. The highest BCUT2D eigenvalue weighted by molar-refractivity contribution is 9.10. The highest BCUT2D eigenvalue weighted by Crippen LogP contribution is 2.34. The van der Waals surface area contributed by atoms with Gasteiger partial charge in [0.2, 0.25) is 11.7 Å². The molecule has 1 aromatic carbocycles. The molecule has 1 heterocycles. The molecule has 3 rings (SSSR count). The Morgan fingerprint density at radius 2 is 2.05 bits per heavy atom. The summed E-state index contributed by atoms with van der Waals surface area (Å²) in [4.78, 5) is 4.62. The molecule has 1 saturated carbocycles. The topological polar surface area (TPSA) is 51.0 Å². The number of hydrogen-bond donors (Lipinski definition) is 1.